The minimum Gasteiger partial charge on any atom is -0.241 e. The van der Waals surface area contributed by atoms with E-state index in [2.05, 4.69) is 35.4 Å². The molecule has 2 aliphatic carbocycles. The maximum absolute atomic E-state index is 8.98. The van der Waals surface area contributed by atoms with E-state index in [4.69, 9.17) is 5.26 Å². The molecule has 22 heavy (non-hydrogen) atoms. The summed E-state index contributed by atoms with van der Waals surface area (Å²) in [6.07, 6.45) is 15.0. The van der Waals surface area contributed by atoms with Gasteiger partial charge in [0.1, 0.15) is 5.82 Å². The molecule has 0 radical (unpaired) electrons. The van der Waals surface area contributed by atoms with Crippen LogP contribution >= 0.6 is 0 Å². The van der Waals surface area contributed by atoms with Gasteiger partial charge in [-0.15, -0.1) is 0 Å². The first-order valence-electron chi connectivity index (χ1n) is 9.01. The molecule has 0 atom stereocenters. The van der Waals surface area contributed by atoms with Gasteiger partial charge in [-0.2, -0.15) is 5.26 Å². The van der Waals surface area contributed by atoms with Crippen LogP contribution in [0.25, 0.3) is 0 Å². The summed E-state index contributed by atoms with van der Waals surface area (Å²) in [5, 5.41) is 8.98. The molecule has 118 valence electrons. The fourth-order valence-electron chi connectivity index (χ4n) is 4.15. The second-order valence-corrected chi connectivity index (χ2v) is 7.18. The van der Waals surface area contributed by atoms with Crippen LogP contribution in [-0.2, 0) is 0 Å². The van der Waals surface area contributed by atoms with Crippen LogP contribution in [0.2, 0.25) is 0 Å². The van der Waals surface area contributed by atoms with Crippen molar-refractivity contribution in [3.63, 3.8) is 0 Å². The highest BCUT2D eigenvalue weighted by atomic mass is 14.9. The monoisotopic (exact) mass is 297 g/mol. The van der Waals surface area contributed by atoms with Gasteiger partial charge in [-0.25, -0.2) is 9.97 Å². The Morgan fingerprint density at radius 2 is 1.55 bits per heavy atom. The van der Waals surface area contributed by atoms with E-state index in [-0.39, 0.29) is 5.92 Å². The van der Waals surface area contributed by atoms with Gasteiger partial charge in [0, 0.05) is 24.2 Å². The molecule has 2 aliphatic rings. The Balaban J connectivity index is 1.58. The van der Waals surface area contributed by atoms with Crippen molar-refractivity contribution >= 4 is 0 Å². The third-order valence-corrected chi connectivity index (χ3v) is 5.86. The van der Waals surface area contributed by atoms with Crippen LogP contribution in [0.5, 0.6) is 0 Å². The lowest BCUT2D eigenvalue weighted by atomic mass is 9.78. The molecule has 0 aliphatic heterocycles. The van der Waals surface area contributed by atoms with E-state index in [1.54, 1.807) is 0 Å². The van der Waals surface area contributed by atoms with Crippen molar-refractivity contribution in [3.8, 4) is 6.07 Å². The number of nitrogens with zero attached hydrogens (tertiary/aromatic N) is 3. The molecule has 2 saturated carbocycles. The summed E-state index contributed by atoms with van der Waals surface area (Å²) in [7, 11) is 0. The van der Waals surface area contributed by atoms with Crippen molar-refractivity contribution < 1.29 is 0 Å². The minimum absolute atomic E-state index is 0.254. The van der Waals surface area contributed by atoms with Crippen molar-refractivity contribution in [2.45, 2.75) is 76.5 Å². The van der Waals surface area contributed by atoms with Crippen molar-refractivity contribution in [2.24, 2.45) is 11.8 Å². The summed E-state index contributed by atoms with van der Waals surface area (Å²) in [5.41, 5.74) is 1.34. The van der Waals surface area contributed by atoms with Gasteiger partial charge in [0.05, 0.1) is 6.07 Å². The highest BCUT2D eigenvalue weighted by Gasteiger charge is 2.25. The Morgan fingerprint density at radius 1 is 0.955 bits per heavy atom. The predicted molar refractivity (Wildman–Crippen MR) is 87.3 cm³/mol. The first-order chi connectivity index (χ1) is 10.8. The van der Waals surface area contributed by atoms with Crippen LogP contribution < -0.4 is 0 Å². The second kappa shape index (κ2) is 7.22. The quantitative estimate of drug-likeness (QED) is 0.792. The fourth-order valence-corrected chi connectivity index (χ4v) is 4.15. The molecule has 2 fully saturated rings. The van der Waals surface area contributed by atoms with Gasteiger partial charge in [-0.3, -0.25) is 0 Å². The molecule has 1 aromatic rings. The van der Waals surface area contributed by atoms with E-state index in [9.17, 15) is 0 Å². The Kier molecular flexibility index (Phi) is 5.08. The molecule has 3 rings (SSSR count). The van der Waals surface area contributed by atoms with E-state index >= 15 is 0 Å². The van der Waals surface area contributed by atoms with Crippen LogP contribution in [-0.4, -0.2) is 9.97 Å². The molecule has 3 nitrogen and oxygen atoms in total. The van der Waals surface area contributed by atoms with Gasteiger partial charge in [0.2, 0.25) is 0 Å². The summed E-state index contributed by atoms with van der Waals surface area (Å²) < 4.78 is 0. The van der Waals surface area contributed by atoms with Crippen LogP contribution in [0.1, 0.15) is 87.9 Å². The molecule has 3 heteroatoms. The lowest BCUT2D eigenvalue weighted by molar-refractivity contribution is 0.317. The molecule has 0 saturated heterocycles. The van der Waals surface area contributed by atoms with Crippen molar-refractivity contribution in [1.29, 1.82) is 5.26 Å². The predicted octanol–water partition coefficient (Wildman–Crippen LogP) is 4.96. The SMILES string of the molecule is CC[C@H]1CC[C@H](c2cnc([C@H]3CC[C@H](C#N)CC3)nc2)CC1. The van der Waals surface area contributed by atoms with Crippen molar-refractivity contribution in [3.05, 3.63) is 23.8 Å². The average Bonchev–Trinajstić information content (AvgIpc) is 2.62. The summed E-state index contributed by atoms with van der Waals surface area (Å²) in [5.74, 6) is 3.33. The van der Waals surface area contributed by atoms with Gasteiger partial charge in [-0.1, -0.05) is 13.3 Å². The Bertz CT molecular complexity index is 500. The van der Waals surface area contributed by atoms with Crippen molar-refractivity contribution in [1.82, 2.24) is 9.97 Å². The number of hydrogen-bond donors (Lipinski definition) is 0. The van der Waals surface area contributed by atoms with Gasteiger partial charge in [-0.05, 0) is 68.8 Å². The summed E-state index contributed by atoms with van der Waals surface area (Å²) in [4.78, 5) is 9.35. The molecule has 1 heterocycles. The first kappa shape index (κ1) is 15.5. The summed E-state index contributed by atoms with van der Waals surface area (Å²) >= 11 is 0. The van der Waals surface area contributed by atoms with Crippen LogP contribution in [0.15, 0.2) is 12.4 Å². The zero-order chi connectivity index (χ0) is 15.4. The molecule has 0 spiro atoms. The van der Waals surface area contributed by atoms with E-state index in [1.807, 2.05) is 0 Å². The average molecular weight is 297 g/mol. The number of rotatable bonds is 3. The standard InChI is InChI=1S/C19H27N3/c1-2-14-3-7-16(8-4-14)18-12-21-19(22-13-18)17-9-5-15(11-20)6-10-17/h12-17H,2-10H2,1H3/t14-,15-,16-,17-. The van der Waals surface area contributed by atoms with Crippen LogP contribution in [0.3, 0.4) is 0 Å². The highest BCUT2D eigenvalue weighted by Crippen LogP contribution is 2.37. The molecular weight excluding hydrogens is 270 g/mol. The fraction of sp³-hybridized carbons (Fsp3) is 0.737. The van der Waals surface area contributed by atoms with Crippen molar-refractivity contribution in [2.75, 3.05) is 0 Å². The Labute approximate surface area is 134 Å². The normalized spacial score (nSPS) is 32.4. The maximum atomic E-state index is 8.98. The first-order valence-corrected chi connectivity index (χ1v) is 9.01. The molecule has 0 amide bonds. The van der Waals surface area contributed by atoms with E-state index in [0.29, 0.717) is 11.8 Å². The zero-order valence-electron chi connectivity index (χ0n) is 13.7. The number of aromatic nitrogens is 2. The third-order valence-electron chi connectivity index (χ3n) is 5.86. The Morgan fingerprint density at radius 3 is 2.09 bits per heavy atom. The smallest absolute Gasteiger partial charge is 0.131 e. The molecule has 0 aromatic carbocycles. The summed E-state index contributed by atoms with van der Waals surface area (Å²) in [6.45, 7) is 2.31. The third kappa shape index (κ3) is 3.48. The number of nitriles is 1. The molecule has 0 unspecified atom stereocenters. The van der Waals surface area contributed by atoms with Crippen LogP contribution in [0, 0.1) is 23.2 Å². The molecule has 0 bridgehead atoms. The molecule has 1 aromatic heterocycles. The van der Waals surface area contributed by atoms with Crippen LogP contribution in [0.4, 0.5) is 0 Å². The second-order valence-electron chi connectivity index (χ2n) is 7.18. The molecular formula is C19H27N3. The summed E-state index contributed by atoms with van der Waals surface area (Å²) in [6, 6.07) is 2.40. The lowest BCUT2D eigenvalue weighted by Gasteiger charge is -2.28. The van der Waals surface area contributed by atoms with Gasteiger partial charge in [0.15, 0.2) is 0 Å². The van der Waals surface area contributed by atoms with E-state index < -0.39 is 0 Å². The highest BCUT2D eigenvalue weighted by molar-refractivity contribution is 5.14. The van der Waals surface area contributed by atoms with Gasteiger partial charge < -0.3 is 0 Å². The van der Waals surface area contributed by atoms with E-state index in [1.165, 1.54) is 37.7 Å². The molecule has 0 N–H and O–H groups in total. The van der Waals surface area contributed by atoms with E-state index in [0.717, 1.165) is 37.4 Å². The zero-order valence-corrected chi connectivity index (χ0v) is 13.7. The lowest BCUT2D eigenvalue weighted by Crippen LogP contribution is -2.16. The maximum Gasteiger partial charge on any atom is 0.131 e. The Hall–Kier alpha value is -1.43. The van der Waals surface area contributed by atoms with Gasteiger partial charge >= 0.3 is 0 Å². The van der Waals surface area contributed by atoms with Gasteiger partial charge in [0.25, 0.3) is 0 Å². The topological polar surface area (TPSA) is 49.6 Å². The minimum atomic E-state index is 0.254. The number of hydrogen-bond acceptors (Lipinski definition) is 3. The largest absolute Gasteiger partial charge is 0.241 e.